The summed E-state index contributed by atoms with van der Waals surface area (Å²) in [5, 5.41) is 14.1. The Kier molecular flexibility index (Phi) is 5.69. The number of nitro groups is 1. The van der Waals surface area contributed by atoms with Crippen LogP contribution in [0.5, 0.6) is 0 Å². The lowest BCUT2D eigenvalue weighted by molar-refractivity contribution is -0.380. The van der Waals surface area contributed by atoms with Gasteiger partial charge in [0.05, 0.1) is 15.5 Å². The molecule has 30 heavy (non-hydrogen) atoms. The van der Waals surface area contributed by atoms with Gasteiger partial charge in [0, 0.05) is 22.9 Å². The van der Waals surface area contributed by atoms with Gasteiger partial charge in [-0.25, -0.2) is 4.98 Å². The van der Waals surface area contributed by atoms with Crippen LogP contribution in [0.2, 0.25) is 0 Å². The number of hydrogen-bond donors (Lipinski definition) is 1. The van der Waals surface area contributed by atoms with E-state index < -0.39 is 10.8 Å². The number of aromatic nitrogens is 1. The molecule has 0 aliphatic carbocycles. The van der Waals surface area contributed by atoms with Crippen molar-refractivity contribution in [2.45, 2.75) is 13.3 Å². The van der Waals surface area contributed by atoms with Crippen molar-refractivity contribution >= 4 is 38.7 Å². The van der Waals surface area contributed by atoms with Crippen LogP contribution in [-0.2, 0) is 6.42 Å². The minimum absolute atomic E-state index is 0.0654. The Balaban J connectivity index is 1.64. The van der Waals surface area contributed by atoms with Gasteiger partial charge in [-0.3, -0.25) is 20.2 Å². The van der Waals surface area contributed by atoms with Gasteiger partial charge in [0.15, 0.2) is 5.13 Å². The van der Waals surface area contributed by atoms with E-state index in [1.807, 2.05) is 49.4 Å². The lowest BCUT2D eigenvalue weighted by Crippen LogP contribution is -2.09. The van der Waals surface area contributed by atoms with E-state index in [-0.39, 0.29) is 9.88 Å². The van der Waals surface area contributed by atoms with Crippen LogP contribution >= 0.6 is 22.7 Å². The third kappa shape index (κ3) is 4.45. The molecule has 0 aliphatic rings. The SMILES string of the molecule is Cc1ccc(-c2nc(NC(=O)c3ccc([N+](=O)[O-])s3)sc2Cc2ccccc2)cc1. The van der Waals surface area contributed by atoms with Crippen LogP contribution in [0.1, 0.15) is 25.7 Å². The molecule has 0 unspecified atom stereocenters. The van der Waals surface area contributed by atoms with Gasteiger partial charge in [-0.2, -0.15) is 0 Å². The molecule has 4 rings (SSSR count). The zero-order valence-corrected chi connectivity index (χ0v) is 17.6. The lowest BCUT2D eigenvalue weighted by atomic mass is 10.1. The first-order valence-corrected chi connectivity index (χ1v) is 10.8. The van der Waals surface area contributed by atoms with Crippen molar-refractivity contribution in [3.05, 3.63) is 97.7 Å². The summed E-state index contributed by atoms with van der Waals surface area (Å²) in [6, 6.07) is 21.0. The fourth-order valence-electron chi connectivity index (χ4n) is 2.95. The van der Waals surface area contributed by atoms with E-state index in [0.717, 1.165) is 38.6 Å². The summed E-state index contributed by atoms with van der Waals surface area (Å²) in [6.45, 7) is 2.03. The van der Waals surface area contributed by atoms with Crippen molar-refractivity contribution in [2.24, 2.45) is 0 Å². The largest absolute Gasteiger partial charge is 0.324 e. The van der Waals surface area contributed by atoms with E-state index >= 15 is 0 Å². The van der Waals surface area contributed by atoms with Crippen LogP contribution in [-0.4, -0.2) is 15.8 Å². The molecule has 2 aromatic heterocycles. The average Bonchev–Trinajstić information content (AvgIpc) is 3.37. The molecular weight excluding hydrogens is 418 g/mol. The molecule has 0 bridgehead atoms. The molecule has 0 saturated carbocycles. The minimum atomic E-state index is -0.502. The van der Waals surface area contributed by atoms with E-state index in [1.54, 1.807) is 0 Å². The van der Waals surface area contributed by atoms with E-state index in [2.05, 4.69) is 22.4 Å². The number of amides is 1. The number of nitrogens with zero attached hydrogens (tertiary/aromatic N) is 2. The molecule has 1 amide bonds. The van der Waals surface area contributed by atoms with Gasteiger partial charge in [0.1, 0.15) is 0 Å². The standard InChI is InChI=1S/C22H17N3O3S2/c1-14-7-9-16(10-8-14)20-18(13-15-5-3-2-4-6-15)30-22(23-20)24-21(26)17-11-12-19(29-17)25(27)28/h2-12H,13H2,1H3,(H,23,24,26). The summed E-state index contributed by atoms with van der Waals surface area (Å²) in [6.07, 6.45) is 0.696. The number of nitrogens with one attached hydrogen (secondary N) is 1. The second-order valence-electron chi connectivity index (χ2n) is 6.67. The van der Waals surface area contributed by atoms with Gasteiger partial charge in [-0.15, -0.1) is 11.3 Å². The Labute approximate surface area is 181 Å². The molecule has 150 valence electrons. The summed E-state index contributed by atoms with van der Waals surface area (Å²) in [7, 11) is 0. The zero-order chi connectivity index (χ0) is 21.1. The number of thiazole rings is 1. The maximum absolute atomic E-state index is 12.6. The third-order valence-corrected chi connectivity index (χ3v) is 6.45. The molecule has 8 heteroatoms. The molecule has 6 nitrogen and oxygen atoms in total. The highest BCUT2D eigenvalue weighted by atomic mass is 32.1. The molecule has 2 aromatic carbocycles. The topological polar surface area (TPSA) is 85.1 Å². The average molecular weight is 436 g/mol. The second kappa shape index (κ2) is 8.56. The van der Waals surface area contributed by atoms with Crippen LogP contribution < -0.4 is 5.32 Å². The van der Waals surface area contributed by atoms with Crippen molar-refractivity contribution < 1.29 is 9.72 Å². The first kappa shape index (κ1) is 19.9. The molecule has 0 atom stereocenters. The highest BCUT2D eigenvalue weighted by Gasteiger charge is 2.19. The Hall–Kier alpha value is -3.36. The van der Waals surface area contributed by atoms with Crippen molar-refractivity contribution in [3.63, 3.8) is 0 Å². The molecule has 1 N–H and O–H groups in total. The quantitative estimate of drug-likeness (QED) is 0.300. The maximum Gasteiger partial charge on any atom is 0.324 e. The molecule has 2 heterocycles. The summed E-state index contributed by atoms with van der Waals surface area (Å²) in [5.41, 5.74) is 4.12. The Morgan fingerprint density at radius 2 is 1.77 bits per heavy atom. The Morgan fingerprint density at radius 1 is 1.03 bits per heavy atom. The highest BCUT2D eigenvalue weighted by molar-refractivity contribution is 7.18. The molecule has 0 radical (unpaired) electrons. The predicted octanol–water partition coefficient (Wildman–Crippen LogP) is 5.93. The van der Waals surface area contributed by atoms with E-state index in [9.17, 15) is 14.9 Å². The van der Waals surface area contributed by atoms with Crippen LogP contribution in [0.4, 0.5) is 10.1 Å². The first-order chi connectivity index (χ1) is 14.5. The summed E-state index contributed by atoms with van der Waals surface area (Å²) in [5.74, 6) is -0.399. The normalized spacial score (nSPS) is 10.7. The molecule has 0 saturated heterocycles. The van der Waals surface area contributed by atoms with Crippen molar-refractivity contribution in [1.82, 2.24) is 4.98 Å². The lowest BCUT2D eigenvalue weighted by Gasteiger charge is -2.03. The minimum Gasteiger partial charge on any atom is -0.297 e. The molecular formula is C22H17N3O3S2. The predicted molar refractivity (Wildman–Crippen MR) is 120 cm³/mol. The number of carbonyl (C=O) groups excluding carboxylic acids is 1. The highest BCUT2D eigenvalue weighted by Crippen LogP contribution is 2.34. The van der Waals surface area contributed by atoms with Crippen molar-refractivity contribution in [1.29, 1.82) is 0 Å². The first-order valence-electron chi connectivity index (χ1n) is 9.16. The van der Waals surface area contributed by atoms with E-state index in [1.165, 1.54) is 23.5 Å². The number of hydrogen-bond acceptors (Lipinski definition) is 6. The summed E-state index contributed by atoms with van der Waals surface area (Å²) >= 11 is 2.26. The van der Waals surface area contributed by atoms with Gasteiger partial charge in [0.25, 0.3) is 5.91 Å². The molecule has 0 fully saturated rings. The Morgan fingerprint density at radius 3 is 2.43 bits per heavy atom. The number of anilines is 1. The number of benzene rings is 2. The third-order valence-electron chi connectivity index (χ3n) is 4.45. The summed E-state index contributed by atoms with van der Waals surface area (Å²) < 4.78 is 0. The van der Waals surface area contributed by atoms with Gasteiger partial charge >= 0.3 is 5.00 Å². The fourth-order valence-corrected chi connectivity index (χ4v) is 4.68. The van der Waals surface area contributed by atoms with Gasteiger partial charge in [0.2, 0.25) is 0 Å². The van der Waals surface area contributed by atoms with Crippen molar-refractivity contribution in [2.75, 3.05) is 5.32 Å². The van der Waals surface area contributed by atoms with Crippen LogP contribution in [0.3, 0.4) is 0 Å². The van der Waals surface area contributed by atoms with Gasteiger partial charge < -0.3 is 0 Å². The smallest absolute Gasteiger partial charge is 0.297 e. The summed E-state index contributed by atoms with van der Waals surface area (Å²) in [4.78, 5) is 28.9. The van der Waals surface area contributed by atoms with Crippen LogP contribution in [0.25, 0.3) is 11.3 Å². The number of rotatable bonds is 6. The second-order valence-corrected chi connectivity index (χ2v) is 8.81. The number of carbonyl (C=O) groups is 1. The van der Waals surface area contributed by atoms with Crippen molar-refractivity contribution in [3.8, 4) is 11.3 Å². The van der Waals surface area contributed by atoms with E-state index in [4.69, 9.17) is 0 Å². The molecule has 4 aromatic rings. The fraction of sp³-hybridized carbons (Fsp3) is 0.0909. The monoisotopic (exact) mass is 435 g/mol. The number of thiophene rings is 1. The zero-order valence-electron chi connectivity index (χ0n) is 16.0. The van der Waals surface area contributed by atoms with Crippen LogP contribution in [0.15, 0.2) is 66.7 Å². The van der Waals surface area contributed by atoms with Crippen LogP contribution in [0, 0.1) is 17.0 Å². The molecule has 0 spiro atoms. The van der Waals surface area contributed by atoms with E-state index in [0.29, 0.717) is 11.6 Å². The molecule has 0 aliphatic heterocycles. The Bertz CT molecular complexity index is 1200. The number of aryl methyl sites for hydroxylation is 1. The van der Waals surface area contributed by atoms with Gasteiger partial charge in [-0.1, -0.05) is 71.5 Å². The van der Waals surface area contributed by atoms with Gasteiger partial charge in [-0.05, 0) is 18.6 Å². The maximum atomic E-state index is 12.6.